The van der Waals surface area contributed by atoms with Gasteiger partial charge in [-0.2, -0.15) is 18.3 Å². The van der Waals surface area contributed by atoms with E-state index in [1.807, 2.05) is 43.9 Å². The minimum Gasteiger partial charge on any atom is -0.542 e. The van der Waals surface area contributed by atoms with Gasteiger partial charge in [-0.3, -0.25) is 0 Å². The Morgan fingerprint density at radius 1 is 1.33 bits per heavy atom. The normalized spacial score (nSPS) is 15.2. The van der Waals surface area contributed by atoms with Crippen molar-refractivity contribution in [1.82, 2.24) is 10.00 Å². The molecule has 0 aromatic carbocycles. The van der Waals surface area contributed by atoms with E-state index in [1.165, 1.54) is 0 Å². The smallest absolute Gasteiger partial charge is 0.430 e. The number of aliphatic carboxylic acids is 1. The van der Waals surface area contributed by atoms with E-state index in [4.69, 9.17) is 14.6 Å². The van der Waals surface area contributed by atoms with Gasteiger partial charge in [0.25, 0.3) is 0 Å². The summed E-state index contributed by atoms with van der Waals surface area (Å²) in [5.41, 5.74) is -0.406. The van der Waals surface area contributed by atoms with Crippen LogP contribution < -0.4 is 9.79 Å². The van der Waals surface area contributed by atoms with Gasteiger partial charge in [0.05, 0.1) is 12.1 Å². The lowest BCUT2D eigenvalue weighted by molar-refractivity contribution is -0.756. The van der Waals surface area contributed by atoms with Gasteiger partial charge < -0.3 is 19.5 Å². The summed E-state index contributed by atoms with van der Waals surface area (Å²) in [5.74, 6) is -2.49. The largest absolute Gasteiger partial charge is 0.542 e. The number of aromatic nitrogens is 2. The van der Waals surface area contributed by atoms with E-state index in [-0.39, 0.29) is 6.09 Å². The highest BCUT2D eigenvalue weighted by Crippen LogP contribution is 2.19. The third-order valence-corrected chi connectivity index (χ3v) is 2.90. The fourth-order valence-electron chi connectivity index (χ4n) is 1.88. The van der Waals surface area contributed by atoms with Crippen LogP contribution in [-0.4, -0.2) is 46.9 Å². The molecule has 0 spiro atoms. The molecule has 2 rings (SSSR count). The minimum absolute atomic E-state index is 0.203. The van der Waals surface area contributed by atoms with Gasteiger partial charge in [0.1, 0.15) is 11.6 Å². The maximum Gasteiger partial charge on any atom is 0.430 e. The Kier molecular flexibility index (Phi) is 6.22. The quantitative estimate of drug-likeness (QED) is 0.785. The van der Waals surface area contributed by atoms with Gasteiger partial charge in [0.2, 0.25) is 0 Å². The zero-order valence-corrected chi connectivity index (χ0v) is 13.6. The second-order valence-electron chi connectivity index (χ2n) is 6.33. The minimum atomic E-state index is -5.19. The second kappa shape index (κ2) is 7.54. The molecular formula is C14H20F3N3O4. The fraction of sp³-hybridized carbons (Fsp3) is 0.643. The first-order valence-corrected chi connectivity index (χ1v) is 7.17. The summed E-state index contributed by atoms with van der Waals surface area (Å²) in [6.45, 7) is 8.14. The summed E-state index contributed by atoms with van der Waals surface area (Å²) in [6.07, 6.45) is -1.51. The maximum absolute atomic E-state index is 11.7. The van der Waals surface area contributed by atoms with Crippen LogP contribution in [0.1, 0.15) is 20.8 Å². The van der Waals surface area contributed by atoms with Gasteiger partial charge in [-0.25, -0.2) is 4.79 Å². The molecule has 0 radical (unpaired) electrons. The van der Waals surface area contributed by atoms with Gasteiger partial charge in [0.15, 0.2) is 12.7 Å². The Bertz CT molecular complexity index is 547. The summed E-state index contributed by atoms with van der Waals surface area (Å²) >= 11 is 0. The highest BCUT2D eigenvalue weighted by Gasteiger charge is 2.36. The molecule has 0 bridgehead atoms. The van der Waals surface area contributed by atoms with Crippen LogP contribution in [0.25, 0.3) is 0 Å². The molecule has 24 heavy (non-hydrogen) atoms. The molecule has 0 aliphatic carbocycles. The van der Waals surface area contributed by atoms with Crippen molar-refractivity contribution in [2.45, 2.75) is 39.1 Å². The summed E-state index contributed by atoms with van der Waals surface area (Å²) in [7, 11) is 0. The Morgan fingerprint density at radius 2 is 1.88 bits per heavy atom. The van der Waals surface area contributed by atoms with Crippen LogP contribution in [0.2, 0.25) is 0 Å². The molecule has 2 heterocycles. The van der Waals surface area contributed by atoms with Crippen molar-refractivity contribution >= 4 is 12.1 Å². The van der Waals surface area contributed by atoms with Crippen molar-refractivity contribution in [3.8, 4) is 0 Å². The van der Waals surface area contributed by atoms with Crippen LogP contribution in [0.3, 0.4) is 0 Å². The van der Waals surface area contributed by atoms with Crippen LogP contribution in [0.15, 0.2) is 18.5 Å². The summed E-state index contributed by atoms with van der Waals surface area (Å²) < 4.78 is 38.9. The molecular weight excluding hydrogens is 331 g/mol. The van der Waals surface area contributed by atoms with E-state index in [0.29, 0.717) is 5.92 Å². The number of halogens is 3. The van der Waals surface area contributed by atoms with Crippen LogP contribution in [0.4, 0.5) is 18.0 Å². The molecule has 1 aliphatic rings. The summed E-state index contributed by atoms with van der Waals surface area (Å²) in [6, 6.07) is 1.96. The van der Waals surface area contributed by atoms with Crippen LogP contribution >= 0.6 is 0 Å². The van der Waals surface area contributed by atoms with Crippen molar-refractivity contribution in [1.29, 1.82) is 0 Å². The molecule has 0 saturated carbocycles. The van der Waals surface area contributed by atoms with E-state index in [9.17, 15) is 18.0 Å². The first-order valence-electron chi connectivity index (χ1n) is 7.17. The lowest BCUT2D eigenvalue weighted by atomic mass is 10.0. The Morgan fingerprint density at radius 3 is 2.25 bits per heavy atom. The van der Waals surface area contributed by atoms with Gasteiger partial charge in [-0.1, -0.05) is 0 Å². The predicted octanol–water partition coefficient (Wildman–Crippen LogP) is 0.468. The topological polar surface area (TPSA) is 89.3 Å². The zero-order chi connectivity index (χ0) is 18.5. The number of carbonyl (C=O) groups is 2. The fourth-order valence-corrected chi connectivity index (χ4v) is 1.88. The monoisotopic (exact) mass is 351 g/mol. The third-order valence-electron chi connectivity index (χ3n) is 2.90. The molecule has 7 nitrogen and oxygen atoms in total. The number of ether oxygens (including phenoxy) is 1. The number of carboxylic acids is 1. The lowest BCUT2D eigenvalue weighted by Crippen LogP contribution is -2.56. The molecule has 0 atom stereocenters. The Balaban J connectivity index is 0.000000351. The van der Waals surface area contributed by atoms with Crippen LogP contribution in [0.5, 0.6) is 0 Å². The molecule has 1 fully saturated rings. The van der Waals surface area contributed by atoms with E-state index in [0.717, 1.165) is 19.6 Å². The number of carboxylic acid groups (broad SMARTS) is 1. The van der Waals surface area contributed by atoms with Gasteiger partial charge in [-0.15, -0.1) is 4.68 Å². The Hall–Kier alpha value is -2.26. The van der Waals surface area contributed by atoms with E-state index < -0.39 is 17.7 Å². The molecule has 1 N–H and O–H groups in total. The van der Waals surface area contributed by atoms with E-state index in [2.05, 4.69) is 5.10 Å². The SMILES string of the molecule is CC(C)(C)OC(=O)N1CC(C[n+]2ccc[nH]2)C1.O=C([O-])C(F)(F)F. The number of nitrogens with zero attached hydrogens (tertiary/aromatic N) is 2. The second-order valence-corrected chi connectivity index (χ2v) is 6.33. The number of hydrogen-bond donors (Lipinski definition) is 1. The summed E-state index contributed by atoms with van der Waals surface area (Å²) in [5, 5.41) is 11.9. The average molecular weight is 351 g/mol. The highest BCUT2D eigenvalue weighted by atomic mass is 19.4. The number of amides is 1. The molecule has 136 valence electrons. The highest BCUT2D eigenvalue weighted by molar-refractivity contribution is 5.70. The molecule has 1 aliphatic heterocycles. The lowest BCUT2D eigenvalue weighted by Gasteiger charge is -2.37. The molecule has 0 unspecified atom stereocenters. The predicted molar refractivity (Wildman–Crippen MR) is 73.3 cm³/mol. The van der Waals surface area contributed by atoms with Gasteiger partial charge >= 0.3 is 12.3 Å². The molecule has 10 heteroatoms. The molecule has 1 aromatic heterocycles. The number of likely N-dealkylation sites (tertiary alicyclic amines) is 1. The number of nitrogens with one attached hydrogen (secondary N) is 1. The van der Waals surface area contributed by atoms with E-state index in [1.54, 1.807) is 4.90 Å². The Labute approximate surface area is 137 Å². The number of H-pyrrole nitrogens is 1. The van der Waals surface area contributed by atoms with E-state index >= 15 is 0 Å². The number of alkyl halides is 3. The standard InChI is InChI=1S/C12H19N3O2.C2HF3O2/c1-12(2,3)17-11(16)14-7-10(8-14)9-15-6-4-5-13-15;3-2(4,5)1(6)7/h4-6,10H,7-9H2,1-3H3;(H,6,7). The average Bonchev–Trinajstić information content (AvgIpc) is 2.83. The molecule has 1 aromatic rings. The zero-order valence-electron chi connectivity index (χ0n) is 13.6. The number of aromatic amines is 1. The maximum atomic E-state index is 11.7. The first kappa shape index (κ1) is 19.8. The van der Waals surface area contributed by atoms with Gasteiger partial charge in [-0.05, 0) is 20.8 Å². The van der Waals surface area contributed by atoms with Crippen LogP contribution in [0, 0.1) is 5.92 Å². The third kappa shape index (κ3) is 6.88. The number of rotatable bonds is 2. The van der Waals surface area contributed by atoms with Crippen molar-refractivity contribution in [3.63, 3.8) is 0 Å². The molecule has 1 saturated heterocycles. The first-order chi connectivity index (χ1) is 10.9. The number of hydrogen-bond acceptors (Lipinski definition) is 4. The van der Waals surface area contributed by atoms with Crippen molar-refractivity contribution in [2.24, 2.45) is 5.92 Å². The summed E-state index contributed by atoms with van der Waals surface area (Å²) in [4.78, 5) is 22.2. The van der Waals surface area contributed by atoms with Crippen molar-refractivity contribution < 1.29 is 37.3 Å². The van der Waals surface area contributed by atoms with Gasteiger partial charge in [0, 0.05) is 19.2 Å². The number of carbonyl (C=O) groups excluding carboxylic acids is 2. The van der Waals surface area contributed by atoms with Crippen LogP contribution in [-0.2, 0) is 16.1 Å². The molecule has 1 amide bonds. The van der Waals surface area contributed by atoms with Crippen molar-refractivity contribution in [3.05, 3.63) is 18.5 Å². The van der Waals surface area contributed by atoms with Crippen molar-refractivity contribution in [2.75, 3.05) is 13.1 Å².